The molecular weight excluding hydrogens is 248 g/mol. The number of aryl methyl sites for hydroxylation is 1. The fourth-order valence-corrected chi connectivity index (χ4v) is 3.98. The first-order valence-electron chi connectivity index (χ1n) is 5.99. The van der Waals surface area contributed by atoms with Crippen LogP contribution >= 0.6 is 0 Å². The highest BCUT2D eigenvalue weighted by atomic mass is 32.2. The molecule has 1 unspecified atom stereocenters. The number of nitrogens with zero attached hydrogens (tertiary/aromatic N) is 1. The first-order valence-corrected chi connectivity index (χ1v) is 7.70. The van der Waals surface area contributed by atoms with E-state index in [0.29, 0.717) is 30.0 Å². The molecule has 1 N–H and O–H groups in total. The van der Waals surface area contributed by atoms with E-state index in [1.54, 1.807) is 6.07 Å². The predicted octanol–water partition coefficient (Wildman–Crippen LogP) is 1.86. The van der Waals surface area contributed by atoms with Crippen molar-refractivity contribution in [2.75, 3.05) is 17.6 Å². The highest BCUT2D eigenvalue weighted by Gasteiger charge is 2.30. The fourth-order valence-electron chi connectivity index (χ4n) is 2.22. The van der Waals surface area contributed by atoms with Gasteiger partial charge in [-0.15, -0.1) is 0 Å². The van der Waals surface area contributed by atoms with Gasteiger partial charge in [-0.3, -0.25) is 0 Å². The van der Waals surface area contributed by atoms with Gasteiger partial charge in [0.05, 0.1) is 22.3 Å². The Balaban J connectivity index is 2.10. The highest BCUT2D eigenvalue weighted by Crippen LogP contribution is 2.22. The lowest BCUT2D eigenvalue weighted by Gasteiger charge is -2.13. The molecule has 96 valence electrons. The third-order valence-electron chi connectivity index (χ3n) is 3.28. The third kappa shape index (κ3) is 2.65. The van der Waals surface area contributed by atoms with Crippen LogP contribution in [0.5, 0.6) is 0 Å². The van der Waals surface area contributed by atoms with Gasteiger partial charge in [-0.05, 0) is 37.5 Å². The summed E-state index contributed by atoms with van der Waals surface area (Å²) in [5.41, 5.74) is 2.29. The lowest BCUT2D eigenvalue weighted by molar-refractivity contribution is 0.591. The molecule has 1 atom stereocenters. The number of sulfone groups is 1. The zero-order chi connectivity index (χ0) is 13.2. The zero-order valence-corrected chi connectivity index (χ0v) is 11.1. The molecule has 0 amide bonds. The molecule has 1 aliphatic rings. The summed E-state index contributed by atoms with van der Waals surface area (Å²) in [4.78, 5) is 0. The number of rotatable bonds is 3. The summed E-state index contributed by atoms with van der Waals surface area (Å²) in [5.74, 6) is 0.290. The Labute approximate surface area is 108 Å². The number of hydrogen-bond acceptors (Lipinski definition) is 4. The molecule has 18 heavy (non-hydrogen) atoms. The molecule has 2 rings (SSSR count). The number of anilines is 1. The second-order valence-electron chi connectivity index (χ2n) is 4.67. The van der Waals surface area contributed by atoms with Crippen LogP contribution in [-0.2, 0) is 9.84 Å². The van der Waals surface area contributed by atoms with Crippen LogP contribution in [0.4, 0.5) is 5.69 Å². The van der Waals surface area contributed by atoms with Crippen molar-refractivity contribution in [3.05, 3.63) is 29.3 Å². The van der Waals surface area contributed by atoms with Crippen LogP contribution in [0.25, 0.3) is 0 Å². The first kappa shape index (κ1) is 12.9. The Hall–Kier alpha value is -1.54. The molecule has 0 aromatic heterocycles. The molecule has 1 aliphatic heterocycles. The topological polar surface area (TPSA) is 70.0 Å². The van der Waals surface area contributed by atoms with E-state index in [1.807, 2.05) is 19.1 Å². The van der Waals surface area contributed by atoms with Gasteiger partial charge in [0.25, 0.3) is 0 Å². The van der Waals surface area contributed by atoms with Gasteiger partial charge in [0.15, 0.2) is 9.84 Å². The van der Waals surface area contributed by atoms with Gasteiger partial charge in [-0.25, -0.2) is 8.42 Å². The minimum absolute atomic E-state index is 0.290. The van der Waals surface area contributed by atoms with Crippen molar-refractivity contribution in [1.29, 1.82) is 5.26 Å². The summed E-state index contributed by atoms with van der Waals surface area (Å²) in [6.45, 7) is 2.31. The van der Waals surface area contributed by atoms with Gasteiger partial charge in [0, 0.05) is 6.54 Å². The van der Waals surface area contributed by atoms with Gasteiger partial charge in [-0.2, -0.15) is 5.26 Å². The Morgan fingerprint density at radius 2 is 2.28 bits per heavy atom. The molecule has 1 aromatic rings. The van der Waals surface area contributed by atoms with E-state index in [4.69, 9.17) is 5.26 Å². The number of nitrogens with one attached hydrogen (secondary N) is 1. The van der Waals surface area contributed by atoms with Crippen LogP contribution in [0.1, 0.15) is 24.0 Å². The van der Waals surface area contributed by atoms with Crippen LogP contribution in [0.15, 0.2) is 18.2 Å². The SMILES string of the molecule is Cc1ccc(NCC2CCCS2(=O)=O)c(C#N)c1. The summed E-state index contributed by atoms with van der Waals surface area (Å²) in [6.07, 6.45) is 1.46. The molecule has 1 aromatic carbocycles. The van der Waals surface area contributed by atoms with Crippen LogP contribution in [0.3, 0.4) is 0 Å². The van der Waals surface area contributed by atoms with Crippen molar-refractivity contribution in [3.63, 3.8) is 0 Å². The quantitative estimate of drug-likeness (QED) is 0.904. The van der Waals surface area contributed by atoms with E-state index < -0.39 is 9.84 Å². The van der Waals surface area contributed by atoms with Gasteiger partial charge >= 0.3 is 0 Å². The Kier molecular flexibility index (Phi) is 3.58. The lowest BCUT2D eigenvalue weighted by Crippen LogP contribution is -2.25. The van der Waals surface area contributed by atoms with Crippen LogP contribution in [0, 0.1) is 18.3 Å². The molecule has 1 fully saturated rings. The van der Waals surface area contributed by atoms with Crippen molar-refractivity contribution >= 4 is 15.5 Å². The Morgan fingerprint density at radius 1 is 1.50 bits per heavy atom. The van der Waals surface area contributed by atoms with Crippen molar-refractivity contribution < 1.29 is 8.42 Å². The highest BCUT2D eigenvalue weighted by molar-refractivity contribution is 7.92. The second kappa shape index (κ2) is 4.99. The monoisotopic (exact) mass is 264 g/mol. The molecule has 0 bridgehead atoms. The Morgan fingerprint density at radius 3 is 2.89 bits per heavy atom. The molecule has 1 heterocycles. The summed E-state index contributed by atoms with van der Waals surface area (Å²) in [7, 11) is -2.93. The van der Waals surface area contributed by atoms with Crippen LogP contribution in [-0.4, -0.2) is 26.0 Å². The van der Waals surface area contributed by atoms with Gasteiger partial charge < -0.3 is 5.32 Å². The van der Waals surface area contributed by atoms with Gasteiger partial charge in [-0.1, -0.05) is 6.07 Å². The summed E-state index contributed by atoms with van der Waals surface area (Å²) >= 11 is 0. The normalized spacial score (nSPS) is 21.4. The van der Waals surface area contributed by atoms with Gasteiger partial charge in [0.2, 0.25) is 0 Å². The minimum atomic E-state index is -2.93. The van der Waals surface area contributed by atoms with E-state index in [0.717, 1.165) is 12.0 Å². The average molecular weight is 264 g/mol. The fraction of sp³-hybridized carbons (Fsp3) is 0.462. The summed E-state index contributed by atoms with van der Waals surface area (Å²) < 4.78 is 23.4. The van der Waals surface area contributed by atoms with Gasteiger partial charge in [0.1, 0.15) is 6.07 Å². The number of nitriles is 1. The second-order valence-corrected chi connectivity index (χ2v) is 7.07. The Bertz CT molecular complexity index is 587. The van der Waals surface area contributed by atoms with E-state index >= 15 is 0 Å². The lowest BCUT2D eigenvalue weighted by atomic mass is 10.1. The zero-order valence-electron chi connectivity index (χ0n) is 10.3. The van der Waals surface area contributed by atoms with Crippen LogP contribution in [0.2, 0.25) is 0 Å². The smallest absolute Gasteiger partial charge is 0.154 e. The summed E-state index contributed by atoms with van der Waals surface area (Å²) in [5, 5.41) is 11.8. The number of benzene rings is 1. The molecular formula is C13H16N2O2S. The third-order valence-corrected chi connectivity index (χ3v) is 5.55. The average Bonchev–Trinajstić information content (AvgIpc) is 2.66. The molecule has 5 heteroatoms. The van der Waals surface area contributed by atoms with Crippen molar-refractivity contribution in [1.82, 2.24) is 0 Å². The van der Waals surface area contributed by atoms with Crippen LogP contribution < -0.4 is 5.32 Å². The first-order chi connectivity index (χ1) is 8.53. The van der Waals surface area contributed by atoms with E-state index in [9.17, 15) is 8.42 Å². The van der Waals surface area contributed by atoms with E-state index in [1.165, 1.54) is 0 Å². The maximum Gasteiger partial charge on any atom is 0.154 e. The molecule has 4 nitrogen and oxygen atoms in total. The molecule has 0 aliphatic carbocycles. The molecule has 0 radical (unpaired) electrons. The standard InChI is InChI=1S/C13H16N2O2S/c1-10-4-5-13(11(7-10)8-14)15-9-12-3-2-6-18(12,16)17/h4-5,7,12,15H,2-3,6,9H2,1H3. The molecule has 0 saturated carbocycles. The van der Waals surface area contributed by atoms with Crippen molar-refractivity contribution in [2.24, 2.45) is 0 Å². The largest absolute Gasteiger partial charge is 0.383 e. The molecule has 1 saturated heterocycles. The van der Waals surface area contributed by atoms with E-state index in [2.05, 4.69) is 11.4 Å². The maximum absolute atomic E-state index is 11.7. The van der Waals surface area contributed by atoms with Crippen molar-refractivity contribution in [2.45, 2.75) is 25.0 Å². The summed E-state index contributed by atoms with van der Waals surface area (Å²) in [6, 6.07) is 7.66. The van der Waals surface area contributed by atoms with Crippen molar-refractivity contribution in [3.8, 4) is 6.07 Å². The predicted molar refractivity (Wildman–Crippen MR) is 71.2 cm³/mol. The molecule has 0 spiro atoms. The van der Waals surface area contributed by atoms with E-state index in [-0.39, 0.29) is 5.25 Å². The number of hydrogen-bond donors (Lipinski definition) is 1. The maximum atomic E-state index is 11.7. The minimum Gasteiger partial charge on any atom is -0.383 e.